The van der Waals surface area contributed by atoms with E-state index in [1.807, 2.05) is 30.3 Å². The molecular formula is C17H23NO3. The number of carbonyl (C=O) groups excluding carboxylic acids is 1. The molecule has 1 aromatic carbocycles. The van der Waals surface area contributed by atoms with Gasteiger partial charge in [0.1, 0.15) is 0 Å². The van der Waals surface area contributed by atoms with Crippen molar-refractivity contribution in [2.75, 3.05) is 6.54 Å². The number of carbonyl (C=O) groups is 2. The molecule has 2 N–H and O–H groups in total. The van der Waals surface area contributed by atoms with Crippen LogP contribution in [-0.4, -0.2) is 23.5 Å². The zero-order valence-corrected chi connectivity index (χ0v) is 12.4. The topological polar surface area (TPSA) is 66.4 Å². The number of aliphatic carboxylic acids is 1. The molecule has 0 spiro atoms. The van der Waals surface area contributed by atoms with Crippen molar-refractivity contribution in [2.24, 2.45) is 17.8 Å². The van der Waals surface area contributed by atoms with Gasteiger partial charge >= 0.3 is 5.97 Å². The zero-order valence-electron chi connectivity index (χ0n) is 12.4. The molecule has 4 heteroatoms. The highest BCUT2D eigenvalue weighted by Gasteiger charge is 2.41. The van der Waals surface area contributed by atoms with E-state index in [4.69, 9.17) is 0 Å². The second-order valence-corrected chi connectivity index (χ2v) is 5.82. The summed E-state index contributed by atoms with van der Waals surface area (Å²) in [6.45, 7) is 2.61. The van der Waals surface area contributed by atoms with Gasteiger partial charge in [0.15, 0.2) is 0 Å². The molecule has 2 rings (SSSR count). The van der Waals surface area contributed by atoms with Gasteiger partial charge in [-0.15, -0.1) is 0 Å². The smallest absolute Gasteiger partial charge is 0.307 e. The number of rotatable bonds is 6. The van der Waals surface area contributed by atoms with Crippen molar-refractivity contribution in [2.45, 2.75) is 32.6 Å². The largest absolute Gasteiger partial charge is 0.481 e. The highest BCUT2D eigenvalue weighted by molar-refractivity contribution is 5.85. The van der Waals surface area contributed by atoms with Crippen molar-refractivity contribution in [3.63, 3.8) is 0 Å². The second kappa shape index (κ2) is 7.25. The Morgan fingerprint density at radius 1 is 1.19 bits per heavy atom. The van der Waals surface area contributed by atoms with Gasteiger partial charge in [-0.1, -0.05) is 43.7 Å². The normalized spacial score (nSPS) is 24.7. The molecule has 0 aromatic heterocycles. The predicted molar refractivity (Wildman–Crippen MR) is 80.8 cm³/mol. The lowest BCUT2D eigenvalue weighted by molar-refractivity contribution is -0.146. The van der Waals surface area contributed by atoms with Crippen molar-refractivity contribution in [1.29, 1.82) is 0 Å². The molecule has 4 nitrogen and oxygen atoms in total. The first-order valence-electron chi connectivity index (χ1n) is 7.66. The lowest BCUT2D eigenvalue weighted by Gasteiger charge is -2.15. The minimum atomic E-state index is -0.839. The van der Waals surface area contributed by atoms with Crippen LogP contribution in [0.25, 0.3) is 0 Å². The van der Waals surface area contributed by atoms with Crippen LogP contribution in [0.2, 0.25) is 0 Å². The molecule has 1 aromatic rings. The van der Waals surface area contributed by atoms with Gasteiger partial charge < -0.3 is 10.4 Å². The minimum absolute atomic E-state index is 0.103. The summed E-state index contributed by atoms with van der Waals surface area (Å²) in [5.41, 5.74) is 1.17. The Hall–Kier alpha value is -1.84. The summed E-state index contributed by atoms with van der Waals surface area (Å²) in [5.74, 6) is -1.48. The highest BCUT2D eigenvalue weighted by Crippen LogP contribution is 2.38. The lowest BCUT2D eigenvalue weighted by atomic mass is 9.95. The van der Waals surface area contributed by atoms with Crippen molar-refractivity contribution >= 4 is 11.9 Å². The Balaban J connectivity index is 1.85. The summed E-state index contributed by atoms with van der Waals surface area (Å²) in [4.78, 5) is 23.5. The standard InChI is InChI=1S/C17H23NO3/c1-2-12-10-14(15(11-12)17(20)21)16(19)18-9-8-13-6-4-3-5-7-13/h3-7,12,14-15H,2,8-11H2,1H3,(H,18,19)(H,20,21). The van der Waals surface area contributed by atoms with Gasteiger partial charge in [-0.05, 0) is 30.7 Å². The summed E-state index contributed by atoms with van der Waals surface area (Å²) in [6, 6.07) is 9.95. The lowest BCUT2D eigenvalue weighted by Crippen LogP contribution is -2.36. The van der Waals surface area contributed by atoms with Crippen LogP contribution in [-0.2, 0) is 16.0 Å². The van der Waals surface area contributed by atoms with Crippen molar-refractivity contribution in [3.05, 3.63) is 35.9 Å². The van der Waals surface area contributed by atoms with Gasteiger partial charge in [-0.3, -0.25) is 9.59 Å². The zero-order chi connectivity index (χ0) is 15.2. The number of hydrogen-bond acceptors (Lipinski definition) is 2. The SMILES string of the molecule is CCC1CC(C(=O)O)C(C(=O)NCCc2ccccc2)C1. The Labute approximate surface area is 125 Å². The van der Waals surface area contributed by atoms with E-state index in [0.717, 1.165) is 12.8 Å². The molecule has 0 radical (unpaired) electrons. The number of amides is 1. The molecule has 1 aliphatic carbocycles. The van der Waals surface area contributed by atoms with Crippen LogP contribution in [0.3, 0.4) is 0 Å². The molecule has 3 unspecified atom stereocenters. The third-order valence-electron chi connectivity index (χ3n) is 4.45. The predicted octanol–water partition coefficient (Wildman–Crippen LogP) is 2.48. The average molecular weight is 289 g/mol. The molecule has 1 fully saturated rings. The van der Waals surface area contributed by atoms with Gasteiger partial charge in [0.05, 0.1) is 11.8 Å². The summed E-state index contributed by atoms with van der Waals surface area (Å²) in [6.07, 6.45) is 3.04. The van der Waals surface area contributed by atoms with Gasteiger partial charge in [0.2, 0.25) is 5.91 Å². The highest BCUT2D eigenvalue weighted by atomic mass is 16.4. The summed E-state index contributed by atoms with van der Waals surface area (Å²) in [5, 5.41) is 12.2. The van der Waals surface area contributed by atoms with E-state index in [1.165, 1.54) is 5.56 Å². The summed E-state index contributed by atoms with van der Waals surface area (Å²) in [7, 11) is 0. The number of hydrogen-bond donors (Lipinski definition) is 2. The molecule has 0 aliphatic heterocycles. The van der Waals surface area contributed by atoms with Crippen LogP contribution in [0.1, 0.15) is 31.7 Å². The van der Waals surface area contributed by atoms with Crippen molar-refractivity contribution in [1.82, 2.24) is 5.32 Å². The van der Waals surface area contributed by atoms with Crippen LogP contribution < -0.4 is 5.32 Å². The second-order valence-electron chi connectivity index (χ2n) is 5.82. The number of carboxylic acids is 1. The maximum absolute atomic E-state index is 12.2. The monoisotopic (exact) mass is 289 g/mol. The maximum atomic E-state index is 12.2. The van der Waals surface area contributed by atoms with E-state index >= 15 is 0 Å². The minimum Gasteiger partial charge on any atom is -0.481 e. The maximum Gasteiger partial charge on any atom is 0.307 e. The van der Waals surface area contributed by atoms with Crippen LogP contribution in [0.4, 0.5) is 0 Å². The Morgan fingerprint density at radius 2 is 1.86 bits per heavy atom. The van der Waals surface area contributed by atoms with Crippen LogP contribution >= 0.6 is 0 Å². The molecule has 1 amide bonds. The van der Waals surface area contributed by atoms with Gasteiger partial charge in [-0.2, -0.15) is 0 Å². The first kappa shape index (κ1) is 15.5. The molecule has 1 aliphatic rings. The Bertz CT molecular complexity index is 486. The van der Waals surface area contributed by atoms with E-state index in [9.17, 15) is 14.7 Å². The van der Waals surface area contributed by atoms with E-state index < -0.39 is 11.9 Å². The molecule has 0 heterocycles. The fourth-order valence-corrected chi connectivity index (χ4v) is 3.14. The van der Waals surface area contributed by atoms with E-state index in [0.29, 0.717) is 25.3 Å². The average Bonchev–Trinajstić information content (AvgIpc) is 2.93. The molecule has 3 atom stereocenters. The third-order valence-corrected chi connectivity index (χ3v) is 4.45. The van der Waals surface area contributed by atoms with Crippen LogP contribution in [0, 0.1) is 17.8 Å². The fraction of sp³-hybridized carbons (Fsp3) is 0.529. The van der Waals surface area contributed by atoms with Gasteiger partial charge in [0, 0.05) is 6.54 Å². The van der Waals surface area contributed by atoms with Gasteiger partial charge in [0.25, 0.3) is 0 Å². The Kier molecular flexibility index (Phi) is 5.37. The van der Waals surface area contributed by atoms with Crippen molar-refractivity contribution in [3.8, 4) is 0 Å². The first-order chi connectivity index (χ1) is 10.1. The van der Waals surface area contributed by atoms with Crippen molar-refractivity contribution < 1.29 is 14.7 Å². The molecule has 0 saturated heterocycles. The fourth-order valence-electron chi connectivity index (χ4n) is 3.14. The number of nitrogens with one attached hydrogen (secondary N) is 1. The summed E-state index contributed by atoms with van der Waals surface area (Å²) < 4.78 is 0. The quantitative estimate of drug-likeness (QED) is 0.845. The van der Waals surface area contributed by atoms with E-state index in [2.05, 4.69) is 12.2 Å². The molecule has 1 saturated carbocycles. The third kappa shape index (κ3) is 4.06. The molecule has 21 heavy (non-hydrogen) atoms. The number of carboxylic acid groups (broad SMARTS) is 1. The number of benzene rings is 1. The first-order valence-corrected chi connectivity index (χ1v) is 7.66. The van der Waals surface area contributed by atoms with E-state index in [-0.39, 0.29) is 11.8 Å². The Morgan fingerprint density at radius 3 is 2.48 bits per heavy atom. The van der Waals surface area contributed by atoms with Gasteiger partial charge in [-0.25, -0.2) is 0 Å². The molecule has 0 bridgehead atoms. The molecule has 114 valence electrons. The molecular weight excluding hydrogens is 266 g/mol. The summed E-state index contributed by atoms with van der Waals surface area (Å²) >= 11 is 0. The van der Waals surface area contributed by atoms with Crippen LogP contribution in [0.15, 0.2) is 30.3 Å². The van der Waals surface area contributed by atoms with E-state index in [1.54, 1.807) is 0 Å². The van der Waals surface area contributed by atoms with Crippen LogP contribution in [0.5, 0.6) is 0 Å².